The number of nitrogens with one attached hydrogen (secondary N) is 2. The van der Waals surface area contributed by atoms with Crippen molar-refractivity contribution in [2.24, 2.45) is 0 Å². The van der Waals surface area contributed by atoms with Crippen LogP contribution in [0.5, 0.6) is 5.75 Å². The number of hydrogen-bond donors (Lipinski definition) is 2. The first-order valence-electron chi connectivity index (χ1n) is 8.39. The molecule has 0 radical (unpaired) electrons. The number of halogens is 4. The number of hydrogen-bond acceptors (Lipinski definition) is 6. The predicted octanol–water partition coefficient (Wildman–Crippen LogP) is 4.43. The molecule has 2 N–H and O–H groups in total. The van der Waals surface area contributed by atoms with Crippen LogP contribution >= 0.6 is 22.9 Å². The standard InChI is InChI=1S/C18H13ClF3N3O4S2/c19-15-10-24-17(30-15)25-31(27,28)14-6-4-12(5-7-14)16(26)23-9-11-2-1-3-13(8-11)29-18(20,21)22/h1-8,10H,9H2,(H,23,26)(H,24,25). The van der Waals surface area contributed by atoms with Crippen LogP contribution in [0.3, 0.4) is 0 Å². The van der Waals surface area contributed by atoms with E-state index in [0.717, 1.165) is 23.5 Å². The molecule has 164 valence electrons. The number of benzene rings is 2. The van der Waals surface area contributed by atoms with Crippen LogP contribution in [-0.4, -0.2) is 25.7 Å². The molecule has 0 aliphatic heterocycles. The summed E-state index contributed by atoms with van der Waals surface area (Å²) in [5, 5.41) is 2.64. The van der Waals surface area contributed by atoms with Crippen molar-refractivity contribution in [1.82, 2.24) is 10.3 Å². The van der Waals surface area contributed by atoms with Gasteiger partial charge in [-0.3, -0.25) is 9.52 Å². The summed E-state index contributed by atoms with van der Waals surface area (Å²) in [7, 11) is -3.92. The van der Waals surface area contributed by atoms with Gasteiger partial charge in [-0.05, 0) is 42.0 Å². The van der Waals surface area contributed by atoms with Crippen molar-refractivity contribution in [2.45, 2.75) is 17.8 Å². The molecule has 0 unspecified atom stereocenters. The van der Waals surface area contributed by atoms with E-state index in [2.05, 4.69) is 19.8 Å². The minimum Gasteiger partial charge on any atom is -0.406 e. The summed E-state index contributed by atoms with van der Waals surface area (Å²) < 4.78 is 68.0. The number of ether oxygens (including phenoxy) is 1. The zero-order chi connectivity index (χ0) is 22.6. The first-order valence-corrected chi connectivity index (χ1v) is 11.1. The van der Waals surface area contributed by atoms with E-state index in [1.165, 1.54) is 42.6 Å². The summed E-state index contributed by atoms with van der Waals surface area (Å²) in [5.41, 5.74) is 0.555. The highest BCUT2D eigenvalue weighted by Crippen LogP contribution is 2.25. The number of aromatic nitrogens is 1. The third-order valence-electron chi connectivity index (χ3n) is 3.71. The zero-order valence-electron chi connectivity index (χ0n) is 15.3. The number of carbonyl (C=O) groups is 1. The van der Waals surface area contributed by atoms with Gasteiger partial charge in [0.05, 0.1) is 11.1 Å². The number of thiazole rings is 1. The quantitative estimate of drug-likeness (QED) is 0.509. The lowest BCUT2D eigenvalue weighted by molar-refractivity contribution is -0.274. The molecule has 0 atom stereocenters. The Kier molecular flexibility index (Phi) is 6.72. The van der Waals surface area contributed by atoms with Gasteiger partial charge in [0.15, 0.2) is 5.13 Å². The summed E-state index contributed by atoms with van der Waals surface area (Å²) >= 11 is 6.68. The molecule has 3 rings (SSSR count). The van der Waals surface area contributed by atoms with Crippen molar-refractivity contribution < 1.29 is 31.1 Å². The number of alkyl halides is 3. The number of sulfonamides is 1. The largest absolute Gasteiger partial charge is 0.573 e. The Morgan fingerprint density at radius 1 is 1.16 bits per heavy atom. The van der Waals surface area contributed by atoms with E-state index >= 15 is 0 Å². The molecule has 1 amide bonds. The second-order valence-corrected chi connectivity index (χ2v) is 9.32. The highest BCUT2D eigenvalue weighted by molar-refractivity contribution is 7.93. The number of amides is 1. The van der Waals surface area contributed by atoms with E-state index < -0.39 is 28.0 Å². The molecule has 3 aromatic rings. The van der Waals surface area contributed by atoms with Crippen LogP contribution in [0.1, 0.15) is 15.9 Å². The van der Waals surface area contributed by atoms with Crippen LogP contribution in [0.4, 0.5) is 18.3 Å². The number of carbonyl (C=O) groups excluding carboxylic acids is 1. The summed E-state index contributed by atoms with van der Waals surface area (Å²) in [6, 6.07) is 10.3. The molecular weight excluding hydrogens is 479 g/mol. The fourth-order valence-corrected chi connectivity index (χ4v) is 4.45. The van der Waals surface area contributed by atoms with E-state index in [0.29, 0.717) is 9.90 Å². The molecule has 0 aliphatic rings. The second kappa shape index (κ2) is 9.12. The molecule has 2 aromatic carbocycles. The van der Waals surface area contributed by atoms with Crippen LogP contribution in [0, 0.1) is 0 Å². The third-order valence-corrected chi connectivity index (χ3v) is 6.23. The maximum atomic E-state index is 12.4. The minimum absolute atomic E-state index is 0.0553. The lowest BCUT2D eigenvalue weighted by atomic mass is 10.2. The van der Waals surface area contributed by atoms with Crippen molar-refractivity contribution in [1.29, 1.82) is 0 Å². The molecule has 0 fully saturated rings. The van der Waals surface area contributed by atoms with E-state index in [4.69, 9.17) is 11.6 Å². The lowest BCUT2D eigenvalue weighted by Crippen LogP contribution is -2.23. The van der Waals surface area contributed by atoms with Gasteiger partial charge in [0, 0.05) is 12.1 Å². The summed E-state index contributed by atoms with van der Waals surface area (Å²) in [5.74, 6) is -0.936. The van der Waals surface area contributed by atoms with E-state index in [9.17, 15) is 26.4 Å². The van der Waals surface area contributed by atoms with Gasteiger partial charge < -0.3 is 10.1 Å². The van der Waals surface area contributed by atoms with Crippen molar-refractivity contribution in [3.05, 3.63) is 70.2 Å². The molecular formula is C18H13ClF3N3O4S2. The van der Waals surface area contributed by atoms with Gasteiger partial charge in [-0.1, -0.05) is 35.1 Å². The molecule has 0 aliphatic carbocycles. The van der Waals surface area contributed by atoms with Crippen molar-refractivity contribution >= 4 is 44.0 Å². The van der Waals surface area contributed by atoms with Crippen molar-refractivity contribution in [3.8, 4) is 5.75 Å². The Bertz CT molecular complexity index is 1180. The molecule has 0 saturated carbocycles. The minimum atomic E-state index is -4.81. The van der Waals surface area contributed by atoms with E-state index in [-0.39, 0.29) is 22.1 Å². The second-order valence-electron chi connectivity index (χ2n) is 5.98. The average molecular weight is 492 g/mol. The monoisotopic (exact) mass is 491 g/mol. The third kappa shape index (κ3) is 6.57. The SMILES string of the molecule is O=C(NCc1cccc(OC(F)(F)F)c1)c1ccc(S(=O)(=O)Nc2ncc(Cl)s2)cc1. The Morgan fingerprint density at radius 2 is 1.87 bits per heavy atom. The van der Waals surface area contributed by atoms with Crippen molar-refractivity contribution in [2.75, 3.05) is 4.72 Å². The van der Waals surface area contributed by atoms with Crippen LogP contribution in [-0.2, 0) is 16.6 Å². The highest BCUT2D eigenvalue weighted by atomic mass is 35.5. The molecule has 0 bridgehead atoms. The Balaban J connectivity index is 1.62. The zero-order valence-corrected chi connectivity index (χ0v) is 17.7. The van der Waals surface area contributed by atoms with E-state index in [1.54, 1.807) is 0 Å². The first kappa shape index (κ1) is 22.8. The fraction of sp³-hybridized carbons (Fsp3) is 0.111. The fourth-order valence-electron chi connectivity index (χ4n) is 2.40. The molecule has 31 heavy (non-hydrogen) atoms. The van der Waals surface area contributed by atoms with Gasteiger partial charge in [-0.2, -0.15) is 0 Å². The van der Waals surface area contributed by atoms with Crippen LogP contribution in [0.2, 0.25) is 4.34 Å². The average Bonchev–Trinajstić information content (AvgIpc) is 3.09. The number of rotatable bonds is 7. The molecule has 7 nitrogen and oxygen atoms in total. The predicted molar refractivity (Wildman–Crippen MR) is 109 cm³/mol. The van der Waals surface area contributed by atoms with Gasteiger partial charge in [-0.15, -0.1) is 13.2 Å². The maximum Gasteiger partial charge on any atom is 0.573 e. The van der Waals surface area contributed by atoms with Gasteiger partial charge >= 0.3 is 6.36 Å². The lowest BCUT2D eigenvalue weighted by Gasteiger charge is -2.11. The molecule has 13 heteroatoms. The number of nitrogens with zero attached hydrogens (tertiary/aromatic N) is 1. The molecule has 1 heterocycles. The van der Waals surface area contributed by atoms with Crippen LogP contribution in [0.25, 0.3) is 0 Å². The summed E-state index contributed by atoms with van der Waals surface area (Å²) in [4.78, 5) is 16.0. The van der Waals surface area contributed by atoms with Gasteiger partial charge in [0.2, 0.25) is 0 Å². The van der Waals surface area contributed by atoms with Gasteiger partial charge in [-0.25, -0.2) is 13.4 Å². The summed E-state index contributed by atoms with van der Waals surface area (Å²) in [6.45, 7) is -0.0553. The summed E-state index contributed by atoms with van der Waals surface area (Å²) in [6.07, 6.45) is -3.51. The van der Waals surface area contributed by atoms with Gasteiger partial charge in [0.1, 0.15) is 10.1 Å². The van der Waals surface area contributed by atoms with E-state index in [1.807, 2.05) is 0 Å². The Morgan fingerprint density at radius 3 is 2.48 bits per heavy atom. The van der Waals surface area contributed by atoms with Crippen LogP contribution in [0.15, 0.2) is 59.6 Å². The highest BCUT2D eigenvalue weighted by Gasteiger charge is 2.31. The Labute approximate surface area is 183 Å². The molecule has 1 aromatic heterocycles. The van der Waals surface area contributed by atoms with Crippen LogP contribution < -0.4 is 14.8 Å². The maximum absolute atomic E-state index is 12.4. The Hall–Kier alpha value is -2.83. The van der Waals surface area contributed by atoms with Gasteiger partial charge in [0.25, 0.3) is 15.9 Å². The molecule has 0 saturated heterocycles. The smallest absolute Gasteiger partial charge is 0.406 e. The topological polar surface area (TPSA) is 97.4 Å². The normalized spacial score (nSPS) is 11.7. The van der Waals surface area contributed by atoms with Crippen molar-refractivity contribution in [3.63, 3.8) is 0 Å². The first-order chi connectivity index (χ1) is 14.5. The number of anilines is 1. The molecule has 0 spiro atoms.